The molecule has 0 atom stereocenters. The summed E-state index contributed by atoms with van der Waals surface area (Å²) < 4.78 is 38.9. The molecule has 0 unspecified atom stereocenters. The zero-order chi connectivity index (χ0) is 13.9. The van der Waals surface area contributed by atoms with Crippen molar-refractivity contribution in [2.24, 2.45) is 0 Å². The fourth-order valence-corrected chi connectivity index (χ4v) is 3.53. The van der Waals surface area contributed by atoms with Gasteiger partial charge in [0.05, 0.1) is 11.4 Å². The van der Waals surface area contributed by atoms with Crippen molar-refractivity contribution in [1.82, 2.24) is 4.72 Å². The zero-order valence-electron chi connectivity index (χ0n) is 10.6. The van der Waals surface area contributed by atoms with E-state index >= 15 is 0 Å². The molecule has 106 valence electrons. The van der Waals surface area contributed by atoms with Crippen LogP contribution in [0.5, 0.6) is 0 Å². The van der Waals surface area contributed by atoms with Crippen LogP contribution in [0.3, 0.4) is 0 Å². The highest BCUT2D eigenvalue weighted by atomic mass is 32.2. The zero-order valence-corrected chi connectivity index (χ0v) is 11.4. The first kappa shape index (κ1) is 14.4. The second-order valence-corrected chi connectivity index (χ2v) is 6.94. The molecule has 0 amide bonds. The SMILES string of the molecule is O=S(=O)(Cc1ccc(F)cc1)NCC1(O)CCCC1. The third kappa shape index (κ3) is 4.26. The fourth-order valence-electron chi connectivity index (χ4n) is 2.31. The first-order valence-electron chi connectivity index (χ1n) is 6.33. The summed E-state index contributed by atoms with van der Waals surface area (Å²) >= 11 is 0. The lowest BCUT2D eigenvalue weighted by atomic mass is 10.0. The van der Waals surface area contributed by atoms with Gasteiger partial charge < -0.3 is 5.11 Å². The standard InChI is InChI=1S/C13H18FNO3S/c14-12-5-3-11(4-6-12)9-19(17,18)15-10-13(16)7-1-2-8-13/h3-6,15-16H,1-2,7-10H2. The fraction of sp³-hybridized carbons (Fsp3) is 0.538. The molecule has 1 aliphatic carbocycles. The molecule has 0 aliphatic heterocycles. The Morgan fingerprint density at radius 3 is 2.37 bits per heavy atom. The average Bonchev–Trinajstić information content (AvgIpc) is 2.78. The summed E-state index contributed by atoms with van der Waals surface area (Å²) in [7, 11) is -3.51. The predicted octanol–water partition coefficient (Wildman–Crippen LogP) is 1.55. The summed E-state index contributed by atoms with van der Waals surface area (Å²) in [6.07, 6.45) is 3.12. The largest absolute Gasteiger partial charge is 0.389 e. The van der Waals surface area contributed by atoms with Crippen LogP contribution < -0.4 is 4.72 Å². The predicted molar refractivity (Wildman–Crippen MR) is 70.4 cm³/mol. The summed E-state index contributed by atoms with van der Waals surface area (Å²) in [5.41, 5.74) is -0.386. The summed E-state index contributed by atoms with van der Waals surface area (Å²) in [5.74, 6) is -0.599. The normalized spacial score (nSPS) is 18.6. The van der Waals surface area contributed by atoms with Crippen LogP contribution in [0.2, 0.25) is 0 Å². The Kier molecular flexibility index (Phi) is 4.23. The molecule has 19 heavy (non-hydrogen) atoms. The molecule has 2 rings (SSSR count). The van der Waals surface area contributed by atoms with Crippen molar-refractivity contribution >= 4 is 10.0 Å². The van der Waals surface area contributed by atoms with Crippen LogP contribution >= 0.6 is 0 Å². The maximum Gasteiger partial charge on any atom is 0.215 e. The van der Waals surface area contributed by atoms with E-state index < -0.39 is 21.4 Å². The molecule has 1 aromatic carbocycles. The number of halogens is 1. The number of aliphatic hydroxyl groups is 1. The summed E-state index contributed by atoms with van der Waals surface area (Å²) in [6.45, 7) is 0.0521. The molecule has 0 saturated heterocycles. The van der Waals surface area contributed by atoms with E-state index in [1.165, 1.54) is 24.3 Å². The van der Waals surface area contributed by atoms with Crippen LogP contribution in [-0.4, -0.2) is 25.7 Å². The molecule has 4 nitrogen and oxygen atoms in total. The highest BCUT2D eigenvalue weighted by Gasteiger charge is 2.32. The topological polar surface area (TPSA) is 66.4 Å². The lowest BCUT2D eigenvalue weighted by Gasteiger charge is -2.22. The van der Waals surface area contributed by atoms with Crippen LogP contribution in [0.4, 0.5) is 4.39 Å². The van der Waals surface area contributed by atoms with E-state index in [4.69, 9.17) is 0 Å². The first-order valence-corrected chi connectivity index (χ1v) is 7.98. The average molecular weight is 287 g/mol. The Morgan fingerprint density at radius 2 is 1.79 bits per heavy atom. The van der Waals surface area contributed by atoms with E-state index in [1.807, 2.05) is 0 Å². The number of sulfonamides is 1. The molecule has 0 radical (unpaired) electrons. The van der Waals surface area contributed by atoms with Crippen molar-refractivity contribution in [2.45, 2.75) is 37.0 Å². The molecule has 0 heterocycles. The highest BCUT2D eigenvalue weighted by Crippen LogP contribution is 2.28. The minimum atomic E-state index is -3.51. The van der Waals surface area contributed by atoms with Crippen molar-refractivity contribution in [3.8, 4) is 0 Å². The van der Waals surface area contributed by atoms with Gasteiger partial charge in [-0.15, -0.1) is 0 Å². The van der Waals surface area contributed by atoms with Crippen molar-refractivity contribution in [3.63, 3.8) is 0 Å². The van der Waals surface area contributed by atoms with Gasteiger partial charge in [-0.25, -0.2) is 17.5 Å². The Morgan fingerprint density at radius 1 is 1.21 bits per heavy atom. The quantitative estimate of drug-likeness (QED) is 0.863. The van der Waals surface area contributed by atoms with Crippen LogP contribution in [-0.2, 0) is 15.8 Å². The van der Waals surface area contributed by atoms with Gasteiger partial charge in [-0.3, -0.25) is 0 Å². The van der Waals surface area contributed by atoms with Gasteiger partial charge in [0.2, 0.25) is 10.0 Å². The molecule has 0 bridgehead atoms. The molecular formula is C13H18FNO3S. The molecule has 0 spiro atoms. The van der Waals surface area contributed by atoms with Crippen molar-refractivity contribution in [2.75, 3.05) is 6.54 Å². The maximum atomic E-state index is 12.7. The maximum absolute atomic E-state index is 12.7. The second-order valence-electron chi connectivity index (χ2n) is 5.14. The number of nitrogens with one attached hydrogen (secondary N) is 1. The summed E-state index contributed by atoms with van der Waals surface area (Å²) in [6, 6.07) is 5.35. The van der Waals surface area contributed by atoms with Gasteiger partial charge in [0, 0.05) is 6.54 Å². The second kappa shape index (κ2) is 5.56. The van der Waals surface area contributed by atoms with E-state index in [-0.39, 0.29) is 12.3 Å². The minimum absolute atomic E-state index is 0.0521. The Bertz CT molecular complexity index is 521. The molecule has 0 aromatic heterocycles. The third-order valence-electron chi connectivity index (χ3n) is 3.43. The van der Waals surface area contributed by atoms with Crippen LogP contribution in [0.15, 0.2) is 24.3 Å². The van der Waals surface area contributed by atoms with Gasteiger partial charge >= 0.3 is 0 Å². The molecule has 6 heteroatoms. The minimum Gasteiger partial charge on any atom is -0.389 e. The van der Waals surface area contributed by atoms with E-state index in [2.05, 4.69) is 4.72 Å². The van der Waals surface area contributed by atoms with E-state index in [0.29, 0.717) is 18.4 Å². The van der Waals surface area contributed by atoms with Crippen LogP contribution in [0.25, 0.3) is 0 Å². The Hall–Kier alpha value is -0.980. The molecule has 1 aliphatic rings. The smallest absolute Gasteiger partial charge is 0.215 e. The van der Waals surface area contributed by atoms with Gasteiger partial charge in [-0.1, -0.05) is 25.0 Å². The molecule has 1 fully saturated rings. The van der Waals surface area contributed by atoms with Gasteiger partial charge in [-0.2, -0.15) is 0 Å². The van der Waals surface area contributed by atoms with Crippen molar-refractivity contribution in [3.05, 3.63) is 35.6 Å². The lowest BCUT2D eigenvalue weighted by molar-refractivity contribution is 0.0531. The number of hydrogen-bond donors (Lipinski definition) is 2. The van der Waals surface area contributed by atoms with Crippen LogP contribution in [0.1, 0.15) is 31.2 Å². The Balaban J connectivity index is 1.93. The number of rotatable bonds is 5. The van der Waals surface area contributed by atoms with Gasteiger partial charge in [-0.05, 0) is 30.5 Å². The highest BCUT2D eigenvalue weighted by molar-refractivity contribution is 7.88. The molecule has 2 N–H and O–H groups in total. The van der Waals surface area contributed by atoms with E-state index in [0.717, 1.165) is 12.8 Å². The third-order valence-corrected chi connectivity index (χ3v) is 4.72. The van der Waals surface area contributed by atoms with Crippen molar-refractivity contribution in [1.29, 1.82) is 0 Å². The van der Waals surface area contributed by atoms with Crippen LogP contribution in [0, 0.1) is 5.82 Å². The monoisotopic (exact) mass is 287 g/mol. The molecular weight excluding hydrogens is 269 g/mol. The van der Waals surface area contributed by atoms with Gasteiger partial charge in [0.1, 0.15) is 5.82 Å². The van der Waals surface area contributed by atoms with Crippen molar-refractivity contribution < 1.29 is 17.9 Å². The number of benzene rings is 1. The van der Waals surface area contributed by atoms with Gasteiger partial charge in [0.25, 0.3) is 0 Å². The van der Waals surface area contributed by atoms with Gasteiger partial charge in [0.15, 0.2) is 0 Å². The van der Waals surface area contributed by atoms with E-state index in [9.17, 15) is 17.9 Å². The summed E-state index contributed by atoms with van der Waals surface area (Å²) in [5, 5.41) is 10.1. The summed E-state index contributed by atoms with van der Waals surface area (Å²) in [4.78, 5) is 0. The molecule has 1 saturated carbocycles. The van der Waals surface area contributed by atoms with E-state index in [1.54, 1.807) is 0 Å². The molecule has 1 aromatic rings. The lowest BCUT2D eigenvalue weighted by Crippen LogP contribution is -2.41. The number of hydrogen-bond acceptors (Lipinski definition) is 3. The Labute approximate surface area is 112 Å². The first-order chi connectivity index (χ1) is 8.89.